The van der Waals surface area contributed by atoms with Gasteiger partial charge < -0.3 is 4.55 Å². The summed E-state index contributed by atoms with van der Waals surface area (Å²) in [6, 6.07) is 19.9. The van der Waals surface area contributed by atoms with Crippen LogP contribution in [0.5, 0.6) is 0 Å². The van der Waals surface area contributed by atoms with Gasteiger partial charge in [-0.1, -0.05) is 96.1 Å². The number of rotatable bonds is 2. The third-order valence-corrected chi connectivity index (χ3v) is 5.21. The zero-order chi connectivity index (χ0) is 23.8. The summed E-state index contributed by atoms with van der Waals surface area (Å²) in [5.41, 5.74) is 0. The van der Waals surface area contributed by atoms with Crippen molar-refractivity contribution in [2.45, 2.75) is 51.3 Å². The minimum absolute atomic E-state index is 0.157. The number of sulfone groups is 1. The molecule has 0 saturated heterocycles. The van der Waals surface area contributed by atoms with E-state index >= 15 is 0 Å². The molecule has 0 spiro atoms. The van der Waals surface area contributed by atoms with Gasteiger partial charge in [0, 0.05) is 6.26 Å². The van der Waals surface area contributed by atoms with Crippen LogP contribution in [0.2, 0.25) is 0 Å². The fourth-order valence-corrected chi connectivity index (χ4v) is 3.43. The Hall–Kier alpha value is -2.22. The van der Waals surface area contributed by atoms with E-state index < -0.39 is 20.0 Å². The average molecular weight is 454 g/mol. The third-order valence-electron chi connectivity index (χ3n) is 3.19. The van der Waals surface area contributed by atoms with E-state index in [0.717, 1.165) is 5.39 Å². The molecule has 0 N–H and O–H groups in total. The molecule has 7 heteroatoms. The first kappa shape index (κ1) is 30.0. The van der Waals surface area contributed by atoms with Crippen LogP contribution < -0.4 is 0 Å². The van der Waals surface area contributed by atoms with E-state index in [2.05, 4.69) is 0 Å². The normalized spacial score (nSPS) is 9.87. The van der Waals surface area contributed by atoms with E-state index in [1.54, 1.807) is 66.7 Å². The molecule has 3 rings (SSSR count). The van der Waals surface area contributed by atoms with Crippen LogP contribution in [0.4, 0.5) is 0 Å². The number of benzene rings is 3. The van der Waals surface area contributed by atoms with Crippen LogP contribution in [-0.4, -0.2) is 27.6 Å². The molecule has 3 aromatic carbocycles. The largest absolute Gasteiger partial charge is 0.744 e. The van der Waals surface area contributed by atoms with E-state index in [-0.39, 0.29) is 4.90 Å². The van der Waals surface area contributed by atoms with Gasteiger partial charge in [-0.3, -0.25) is 0 Å². The summed E-state index contributed by atoms with van der Waals surface area (Å²) >= 11 is 0. The summed E-state index contributed by atoms with van der Waals surface area (Å²) in [6.07, 6.45) is 1.20. The van der Waals surface area contributed by atoms with Crippen LogP contribution in [0.25, 0.3) is 10.8 Å². The Labute approximate surface area is 182 Å². The van der Waals surface area contributed by atoms with Crippen molar-refractivity contribution in [3.05, 3.63) is 72.8 Å². The summed E-state index contributed by atoms with van der Waals surface area (Å²) in [4.78, 5) is 0.214. The highest BCUT2D eigenvalue weighted by atomic mass is 32.2. The summed E-state index contributed by atoms with van der Waals surface area (Å²) in [5.74, 6) is 0. The fraction of sp³-hybridized carbons (Fsp3) is 0.304. The zero-order valence-corrected chi connectivity index (χ0v) is 20.4. The van der Waals surface area contributed by atoms with Gasteiger partial charge in [0.05, 0.1) is 9.79 Å². The Bertz CT molecular complexity index is 1040. The monoisotopic (exact) mass is 453 g/mol. The molecule has 0 amide bonds. The SMILES string of the molecule is CC.CC.CC.CS(=O)(=O)c1ccccc1.O=S(=O)([O-])c1cccc2ccccc12. The van der Waals surface area contributed by atoms with Crippen LogP contribution in [0.1, 0.15) is 41.5 Å². The maximum Gasteiger partial charge on any atom is 0.175 e. The first-order valence-corrected chi connectivity index (χ1v) is 13.2. The maximum absolute atomic E-state index is 10.9. The van der Waals surface area contributed by atoms with Gasteiger partial charge in [-0.05, 0) is 29.0 Å². The van der Waals surface area contributed by atoms with Crippen molar-refractivity contribution in [2.75, 3.05) is 6.26 Å². The average Bonchev–Trinajstić information content (AvgIpc) is 2.77. The summed E-state index contributed by atoms with van der Waals surface area (Å²) < 4.78 is 54.3. The van der Waals surface area contributed by atoms with Crippen molar-refractivity contribution in [3.63, 3.8) is 0 Å². The van der Waals surface area contributed by atoms with Gasteiger partial charge in [-0.15, -0.1) is 0 Å². The van der Waals surface area contributed by atoms with Crippen molar-refractivity contribution in [1.82, 2.24) is 0 Å². The molecule has 5 nitrogen and oxygen atoms in total. The second-order valence-corrected chi connectivity index (χ2v) is 8.38. The molecule has 0 heterocycles. The quantitative estimate of drug-likeness (QED) is 0.450. The van der Waals surface area contributed by atoms with Gasteiger partial charge in [0.2, 0.25) is 0 Å². The molecule has 0 bridgehead atoms. The Morgan fingerprint density at radius 2 is 1.03 bits per heavy atom. The van der Waals surface area contributed by atoms with Gasteiger partial charge >= 0.3 is 0 Å². The van der Waals surface area contributed by atoms with E-state index in [4.69, 9.17) is 0 Å². The third kappa shape index (κ3) is 10.5. The summed E-state index contributed by atoms with van der Waals surface area (Å²) in [6.45, 7) is 12.0. The van der Waals surface area contributed by atoms with Crippen LogP contribution in [-0.2, 0) is 20.0 Å². The van der Waals surface area contributed by atoms with Gasteiger partial charge in [0.1, 0.15) is 10.1 Å². The lowest BCUT2D eigenvalue weighted by atomic mass is 10.1. The highest BCUT2D eigenvalue weighted by molar-refractivity contribution is 7.90. The second kappa shape index (κ2) is 15.6. The lowest BCUT2D eigenvalue weighted by molar-refractivity contribution is 0.464. The standard InChI is InChI=1S/C10H8O3S.C7H8O2S.3C2H6/c11-14(12,13)10-7-3-5-8-4-1-2-6-9(8)10;1-10(8,9)7-5-3-2-4-6-7;3*1-2/h1-7H,(H,11,12,13);2-6H,1H3;3*1-2H3/p-1. The van der Waals surface area contributed by atoms with Crippen LogP contribution in [0.3, 0.4) is 0 Å². The van der Waals surface area contributed by atoms with E-state index in [1.165, 1.54) is 12.3 Å². The molecule has 168 valence electrons. The summed E-state index contributed by atoms with van der Waals surface area (Å²) in [7, 11) is -7.38. The van der Waals surface area contributed by atoms with Crippen molar-refractivity contribution >= 4 is 30.7 Å². The minimum Gasteiger partial charge on any atom is -0.744 e. The predicted octanol–water partition coefficient (Wildman–Crippen LogP) is 5.91. The molecule has 0 aliphatic carbocycles. The van der Waals surface area contributed by atoms with Crippen LogP contribution in [0.15, 0.2) is 82.6 Å². The highest BCUT2D eigenvalue weighted by Crippen LogP contribution is 2.21. The lowest BCUT2D eigenvalue weighted by Crippen LogP contribution is -1.98. The smallest absolute Gasteiger partial charge is 0.175 e. The molecular weight excluding hydrogens is 420 g/mol. The molecule has 0 fully saturated rings. The van der Waals surface area contributed by atoms with Crippen molar-refractivity contribution < 1.29 is 21.4 Å². The summed E-state index contributed by atoms with van der Waals surface area (Å²) in [5, 5.41) is 1.23. The first-order chi connectivity index (χ1) is 14.2. The predicted molar refractivity (Wildman–Crippen MR) is 126 cm³/mol. The van der Waals surface area contributed by atoms with E-state index in [9.17, 15) is 21.4 Å². The Kier molecular flexibility index (Phi) is 15.6. The zero-order valence-electron chi connectivity index (χ0n) is 18.8. The Morgan fingerprint density at radius 3 is 1.47 bits per heavy atom. The van der Waals surface area contributed by atoms with E-state index in [0.29, 0.717) is 10.3 Å². The molecule has 0 unspecified atom stereocenters. The Morgan fingerprint density at radius 1 is 0.600 bits per heavy atom. The second-order valence-electron chi connectivity index (χ2n) is 5.02. The fourth-order valence-electron chi connectivity index (χ4n) is 2.08. The molecule has 0 aromatic heterocycles. The minimum atomic E-state index is -4.38. The maximum atomic E-state index is 10.9. The van der Waals surface area contributed by atoms with Gasteiger partial charge in [0.25, 0.3) is 0 Å². The lowest BCUT2D eigenvalue weighted by Gasteiger charge is -2.09. The molecule has 30 heavy (non-hydrogen) atoms. The molecule has 0 aliphatic heterocycles. The number of hydrogen-bond donors (Lipinski definition) is 0. The molecule has 0 aliphatic rings. The first-order valence-electron chi connectivity index (χ1n) is 9.88. The van der Waals surface area contributed by atoms with Crippen molar-refractivity contribution in [2.24, 2.45) is 0 Å². The van der Waals surface area contributed by atoms with Crippen LogP contribution >= 0.6 is 0 Å². The Balaban J connectivity index is 0. The highest BCUT2D eigenvalue weighted by Gasteiger charge is 2.05. The van der Waals surface area contributed by atoms with Gasteiger partial charge in [0.15, 0.2) is 9.84 Å². The topological polar surface area (TPSA) is 91.3 Å². The molecule has 0 saturated carbocycles. The molecule has 3 aromatic rings. The van der Waals surface area contributed by atoms with Crippen molar-refractivity contribution in [3.8, 4) is 0 Å². The van der Waals surface area contributed by atoms with Crippen molar-refractivity contribution in [1.29, 1.82) is 0 Å². The molecule has 0 radical (unpaired) electrons. The number of hydrogen-bond acceptors (Lipinski definition) is 5. The van der Waals surface area contributed by atoms with Crippen LogP contribution in [0, 0.1) is 0 Å². The van der Waals surface area contributed by atoms with E-state index in [1.807, 2.05) is 41.5 Å². The molecular formula is C23H33O5S2-. The number of fused-ring (bicyclic) bond motifs is 1. The van der Waals surface area contributed by atoms with Gasteiger partial charge in [-0.2, -0.15) is 0 Å². The molecule has 0 atom stereocenters. The van der Waals surface area contributed by atoms with Gasteiger partial charge in [-0.25, -0.2) is 16.8 Å².